The van der Waals surface area contributed by atoms with Crippen LogP contribution >= 0.6 is 0 Å². The van der Waals surface area contributed by atoms with Gasteiger partial charge >= 0.3 is 5.97 Å². The number of carboxylic acid groups (broad SMARTS) is 1. The van der Waals surface area contributed by atoms with E-state index in [2.05, 4.69) is 5.10 Å². The number of benzene rings is 1. The molecule has 6 heteroatoms. The summed E-state index contributed by atoms with van der Waals surface area (Å²) in [7, 11) is 0. The summed E-state index contributed by atoms with van der Waals surface area (Å²) in [6, 6.07) is 11.0. The zero-order valence-electron chi connectivity index (χ0n) is 12.7. The summed E-state index contributed by atoms with van der Waals surface area (Å²) >= 11 is 0. The summed E-state index contributed by atoms with van der Waals surface area (Å²) in [5.74, 6) is -1.36. The van der Waals surface area contributed by atoms with Crippen molar-refractivity contribution in [3.05, 3.63) is 53.3 Å². The van der Waals surface area contributed by atoms with Gasteiger partial charge in [0.05, 0.1) is 5.69 Å². The van der Waals surface area contributed by atoms with E-state index < -0.39 is 5.97 Å². The topological polar surface area (TPSA) is 75.4 Å². The van der Waals surface area contributed by atoms with Crippen LogP contribution in [0, 0.1) is 6.92 Å². The van der Waals surface area contributed by atoms with Gasteiger partial charge < -0.3 is 10.0 Å². The van der Waals surface area contributed by atoms with Crippen molar-refractivity contribution >= 4 is 11.9 Å². The zero-order chi connectivity index (χ0) is 16.1. The third kappa shape index (κ3) is 3.72. The molecule has 1 N–H and O–H groups in total. The minimum absolute atomic E-state index is 0.250. The third-order valence-electron chi connectivity index (χ3n) is 3.25. The van der Waals surface area contributed by atoms with Crippen LogP contribution in [-0.2, 0) is 17.9 Å². The maximum Gasteiger partial charge on any atom is 0.323 e. The van der Waals surface area contributed by atoms with Crippen molar-refractivity contribution in [1.82, 2.24) is 14.7 Å². The number of carboxylic acids is 1. The maximum atomic E-state index is 12.7. The van der Waals surface area contributed by atoms with Crippen LogP contribution in [0.5, 0.6) is 0 Å². The van der Waals surface area contributed by atoms with Crippen LogP contribution in [0.3, 0.4) is 0 Å². The first kappa shape index (κ1) is 15.8. The normalized spacial score (nSPS) is 10.5. The molecule has 0 radical (unpaired) electrons. The monoisotopic (exact) mass is 301 g/mol. The summed E-state index contributed by atoms with van der Waals surface area (Å²) in [5.41, 5.74) is 2.04. The number of aliphatic carboxylic acids is 1. The van der Waals surface area contributed by atoms with E-state index in [1.54, 1.807) is 10.7 Å². The predicted molar refractivity (Wildman–Crippen MR) is 81.5 cm³/mol. The molecule has 2 rings (SSSR count). The second-order valence-electron chi connectivity index (χ2n) is 5.03. The molecule has 0 saturated carbocycles. The van der Waals surface area contributed by atoms with Crippen LogP contribution in [0.4, 0.5) is 0 Å². The first-order valence-corrected chi connectivity index (χ1v) is 7.10. The molecule has 1 aromatic heterocycles. The van der Waals surface area contributed by atoms with E-state index in [1.807, 2.05) is 44.2 Å². The first-order chi connectivity index (χ1) is 10.5. The zero-order valence-corrected chi connectivity index (χ0v) is 12.7. The summed E-state index contributed by atoms with van der Waals surface area (Å²) in [6.07, 6.45) is 0. The summed E-state index contributed by atoms with van der Waals surface area (Å²) in [5, 5.41) is 13.3. The Bertz CT molecular complexity index is 665. The van der Waals surface area contributed by atoms with Gasteiger partial charge in [0, 0.05) is 13.1 Å². The van der Waals surface area contributed by atoms with Crippen LogP contribution in [0.25, 0.3) is 0 Å². The molecule has 2 aromatic rings. The molecule has 1 aromatic carbocycles. The van der Waals surface area contributed by atoms with E-state index >= 15 is 0 Å². The number of nitrogens with zero attached hydrogens (tertiary/aromatic N) is 3. The Morgan fingerprint density at radius 2 is 1.95 bits per heavy atom. The smallest absolute Gasteiger partial charge is 0.323 e. The van der Waals surface area contributed by atoms with Crippen molar-refractivity contribution in [1.29, 1.82) is 0 Å². The number of hydrogen-bond donors (Lipinski definition) is 1. The molecule has 116 valence electrons. The van der Waals surface area contributed by atoms with Crippen LogP contribution in [0.1, 0.15) is 28.7 Å². The van der Waals surface area contributed by atoms with Crippen molar-refractivity contribution in [2.24, 2.45) is 0 Å². The summed E-state index contributed by atoms with van der Waals surface area (Å²) in [4.78, 5) is 25.1. The van der Waals surface area contributed by atoms with Crippen molar-refractivity contribution in [3.8, 4) is 0 Å². The average Bonchev–Trinajstić information content (AvgIpc) is 2.87. The number of carbonyl (C=O) groups is 2. The lowest BCUT2D eigenvalue weighted by Crippen LogP contribution is -2.36. The molecule has 0 aliphatic heterocycles. The van der Waals surface area contributed by atoms with Crippen molar-refractivity contribution in [2.45, 2.75) is 26.9 Å². The summed E-state index contributed by atoms with van der Waals surface area (Å²) < 4.78 is 1.59. The minimum atomic E-state index is -1.04. The van der Waals surface area contributed by atoms with Crippen LogP contribution in [0.15, 0.2) is 36.4 Å². The van der Waals surface area contributed by atoms with E-state index in [0.717, 1.165) is 11.3 Å². The lowest BCUT2D eigenvalue weighted by Gasteiger charge is -2.21. The van der Waals surface area contributed by atoms with E-state index in [0.29, 0.717) is 12.2 Å². The minimum Gasteiger partial charge on any atom is -0.480 e. The first-order valence-electron chi connectivity index (χ1n) is 7.10. The van der Waals surface area contributed by atoms with Crippen molar-refractivity contribution in [2.75, 3.05) is 6.54 Å². The average molecular weight is 301 g/mol. The van der Waals surface area contributed by atoms with Crippen molar-refractivity contribution < 1.29 is 14.7 Å². The Kier molecular flexibility index (Phi) is 4.93. The molecule has 0 fully saturated rings. The molecule has 0 bridgehead atoms. The molecule has 0 aliphatic rings. The molecule has 6 nitrogen and oxygen atoms in total. The van der Waals surface area contributed by atoms with Gasteiger partial charge in [-0.2, -0.15) is 5.10 Å². The molecular formula is C16H19N3O3. The van der Waals surface area contributed by atoms with Gasteiger partial charge in [0.1, 0.15) is 12.2 Å². The van der Waals surface area contributed by atoms with Gasteiger partial charge in [-0.25, -0.2) is 0 Å². The molecular weight excluding hydrogens is 282 g/mol. The molecule has 0 saturated heterocycles. The Morgan fingerprint density at radius 1 is 1.27 bits per heavy atom. The number of rotatable bonds is 6. The molecule has 1 heterocycles. The Morgan fingerprint density at radius 3 is 2.55 bits per heavy atom. The molecule has 0 atom stereocenters. The molecule has 0 unspecified atom stereocenters. The molecule has 0 spiro atoms. The number of aryl methyl sites for hydroxylation is 2. The van der Waals surface area contributed by atoms with E-state index in [1.165, 1.54) is 4.90 Å². The highest BCUT2D eigenvalue weighted by molar-refractivity contribution is 5.94. The second-order valence-corrected chi connectivity index (χ2v) is 5.03. The Hall–Kier alpha value is -2.63. The van der Waals surface area contributed by atoms with Crippen molar-refractivity contribution in [3.63, 3.8) is 0 Å². The van der Waals surface area contributed by atoms with Gasteiger partial charge in [0.25, 0.3) is 5.91 Å². The SMILES string of the molecule is CCn1nc(C)cc1C(=O)N(CC(=O)O)Cc1ccccc1. The van der Waals surface area contributed by atoms with E-state index in [-0.39, 0.29) is 19.0 Å². The fourth-order valence-corrected chi connectivity index (χ4v) is 2.29. The number of aromatic nitrogens is 2. The molecule has 0 aliphatic carbocycles. The highest BCUT2D eigenvalue weighted by Gasteiger charge is 2.22. The standard InChI is InChI=1S/C16H19N3O3/c1-3-19-14(9-12(2)17-19)16(22)18(11-15(20)21)10-13-7-5-4-6-8-13/h4-9H,3,10-11H2,1-2H3,(H,20,21). The quantitative estimate of drug-likeness (QED) is 0.884. The Labute approximate surface area is 129 Å². The largest absolute Gasteiger partial charge is 0.480 e. The highest BCUT2D eigenvalue weighted by Crippen LogP contribution is 2.12. The fourth-order valence-electron chi connectivity index (χ4n) is 2.29. The van der Waals surface area contributed by atoms with Crippen LogP contribution < -0.4 is 0 Å². The number of carbonyl (C=O) groups excluding carboxylic acids is 1. The van der Waals surface area contributed by atoms with Gasteiger partial charge in [0.2, 0.25) is 0 Å². The number of amides is 1. The van der Waals surface area contributed by atoms with Gasteiger partial charge in [-0.3, -0.25) is 14.3 Å². The molecule has 1 amide bonds. The maximum absolute atomic E-state index is 12.7. The Balaban J connectivity index is 2.28. The number of hydrogen-bond acceptors (Lipinski definition) is 3. The van der Waals surface area contributed by atoms with Gasteiger partial charge in [-0.1, -0.05) is 30.3 Å². The van der Waals surface area contributed by atoms with E-state index in [9.17, 15) is 9.59 Å². The van der Waals surface area contributed by atoms with Crippen LogP contribution in [-0.4, -0.2) is 38.2 Å². The van der Waals surface area contributed by atoms with Gasteiger partial charge in [-0.05, 0) is 25.5 Å². The van der Waals surface area contributed by atoms with E-state index in [4.69, 9.17) is 5.11 Å². The van der Waals surface area contributed by atoms with Crippen LogP contribution in [0.2, 0.25) is 0 Å². The lowest BCUT2D eigenvalue weighted by molar-refractivity contribution is -0.137. The fraction of sp³-hybridized carbons (Fsp3) is 0.312. The lowest BCUT2D eigenvalue weighted by atomic mass is 10.2. The predicted octanol–water partition coefficient (Wildman–Crippen LogP) is 1.94. The second kappa shape index (κ2) is 6.89. The van der Waals surface area contributed by atoms with Gasteiger partial charge in [0.15, 0.2) is 0 Å². The third-order valence-corrected chi connectivity index (χ3v) is 3.25. The summed E-state index contributed by atoms with van der Waals surface area (Å²) in [6.45, 7) is 4.16. The molecule has 22 heavy (non-hydrogen) atoms. The highest BCUT2D eigenvalue weighted by atomic mass is 16.4. The van der Waals surface area contributed by atoms with Gasteiger partial charge in [-0.15, -0.1) is 0 Å².